The molecule has 2 nitrogen and oxygen atoms in total. The van der Waals surface area contributed by atoms with Gasteiger partial charge in [-0.05, 0) is 24.6 Å². The van der Waals surface area contributed by atoms with Crippen molar-refractivity contribution in [1.82, 2.24) is 0 Å². The van der Waals surface area contributed by atoms with Gasteiger partial charge in [-0.3, -0.25) is 0 Å². The molecule has 0 heterocycles. The molecule has 1 atom stereocenters. The number of hydrogen-bond donors (Lipinski definition) is 2. The molecule has 0 bridgehead atoms. The number of halogens is 2. The van der Waals surface area contributed by atoms with E-state index in [1.165, 1.54) is 18.2 Å². The third-order valence-electron chi connectivity index (χ3n) is 2.26. The van der Waals surface area contributed by atoms with Gasteiger partial charge in [0.1, 0.15) is 11.6 Å². The summed E-state index contributed by atoms with van der Waals surface area (Å²) in [6, 6.07) is 3.60. The average molecular weight is 234 g/mol. The minimum Gasteiger partial charge on any atom is -0.508 e. The third kappa shape index (κ3) is 4.06. The Kier molecular flexibility index (Phi) is 6.29. The van der Waals surface area contributed by atoms with E-state index in [0.717, 1.165) is 19.3 Å². The number of phenolic OH excluding ortho intramolecular Hbond substituents is 1. The summed E-state index contributed by atoms with van der Waals surface area (Å²) in [5, 5.41) is 9.46. The highest BCUT2D eigenvalue weighted by atomic mass is 35.5. The quantitative estimate of drug-likeness (QED) is 0.839. The minimum atomic E-state index is -0.357. The molecule has 1 rings (SSSR count). The predicted octanol–water partition coefficient (Wildman–Crippen LogP) is 3.14. The summed E-state index contributed by atoms with van der Waals surface area (Å²) in [7, 11) is 0. The lowest BCUT2D eigenvalue weighted by atomic mass is 10.0. The summed E-state index contributed by atoms with van der Waals surface area (Å²) >= 11 is 0. The maximum atomic E-state index is 12.9. The fourth-order valence-electron chi connectivity index (χ4n) is 1.40. The van der Waals surface area contributed by atoms with Gasteiger partial charge in [-0.15, -0.1) is 12.4 Å². The van der Waals surface area contributed by atoms with Gasteiger partial charge in [0, 0.05) is 11.6 Å². The predicted molar refractivity (Wildman–Crippen MR) is 61.8 cm³/mol. The molecule has 0 aliphatic heterocycles. The van der Waals surface area contributed by atoms with E-state index in [2.05, 4.69) is 6.92 Å². The highest BCUT2D eigenvalue weighted by molar-refractivity contribution is 5.85. The SMILES string of the molecule is CCCC[C@@H](N)c1cc(F)ccc1O.Cl. The molecule has 0 spiro atoms. The van der Waals surface area contributed by atoms with Crippen molar-refractivity contribution in [3.8, 4) is 5.75 Å². The lowest BCUT2D eigenvalue weighted by molar-refractivity contribution is 0.453. The number of phenols is 1. The first kappa shape index (κ1) is 14.2. The Morgan fingerprint density at radius 3 is 2.73 bits per heavy atom. The van der Waals surface area contributed by atoms with E-state index in [1.54, 1.807) is 0 Å². The molecular weight excluding hydrogens is 217 g/mol. The minimum absolute atomic E-state index is 0. The van der Waals surface area contributed by atoms with Gasteiger partial charge in [-0.2, -0.15) is 0 Å². The number of hydrogen-bond acceptors (Lipinski definition) is 2. The Hall–Kier alpha value is -0.800. The summed E-state index contributed by atoms with van der Waals surface area (Å²) in [5.74, 6) is -0.278. The monoisotopic (exact) mass is 233 g/mol. The molecule has 1 aromatic rings. The first-order chi connectivity index (χ1) is 6.65. The topological polar surface area (TPSA) is 46.2 Å². The molecular formula is C11H17ClFNO. The van der Waals surface area contributed by atoms with Gasteiger partial charge in [0.2, 0.25) is 0 Å². The highest BCUT2D eigenvalue weighted by Gasteiger charge is 2.10. The van der Waals surface area contributed by atoms with Crippen LogP contribution in [0, 0.1) is 5.82 Å². The number of rotatable bonds is 4. The molecule has 15 heavy (non-hydrogen) atoms. The molecule has 0 aliphatic rings. The van der Waals surface area contributed by atoms with Crippen LogP contribution in [0.2, 0.25) is 0 Å². The Bertz CT molecular complexity index is 307. The van der Waals surface area contributed by atoms with E-state index in [0.29, 0.717) is 5.56 Å². The second kappa shape index (κ2) is 6.64. The molecule has 0 unspecified atom stereocenters. The van der Waals surface area contributed by atoms with Gasteiger partial charge >= 0.3 is 0 Å². The van der Waals surface area contributed by atoms with E-state index >= 15 is 0 Å². The number of benzene rings is 1. The van der Waals surface area contributed by atoms with Crippen molar-refractivity contribution in [2.45, 2.75) is 32.2 Å². The van der Waals surface area contributed by atoms with Crippen molar-refractivity contribution in [3.63, 3.8) is 0 Å². The number of nitrogens with two attached hydrogens (primary N) is 1. The van der Waals surface area contributed by atoms with Gasteiger partial charge in [-0.1, -0.05) is 19.8 Å². The van der Waals surface area contributed by atoms with Gasteiger partial charge in [0.15, 0.2) is 0 Å². The van der Waals surface area contributed by atoms with Crippen LogP contribution in [0.25, 0.3) is 0 Å². The van der Waals surface area contributed by atoms with Crippen molar-refractivity contribution < 1.29 is 9.50 Å². The Labute approximate surface area is 95.7 Å². The summed E-state index contributed by atoms with van der Waals surface area (Å²) < 4.78 is 12.9. The fourth-order valence-corrected chi connectivity index (χ4v) is 1.40. The van der Waals surface area contributed by atoms with Crippen molar-refractivity contribution in [3.05, 3.63) is 29.6 Å². The van der Waals surface area contributed by atoms with Gasteiger partial charge in [0.05, 0.1) is 0 Å². The van der Waals surface area contributed by atoms with Crippen LogP contribution in [-0.4, -0.2) is 5.11 Å². The van der Waals surface area contributed by atoms with E-state index < -0.39 is 0 Å². The molecule has 0 saturated heterocycles. The number of unbranched alkanes of at least 4 members (excludes halogenated alkanes) is 1. The molecule has 0 aromatic heterocycles. The van der Waals surface area contributed by atoms with Gasteiger partial charge < -0.3 is 10.8 Å². The summed E-state index contributed by atoms with van der Waals surface area (Å²) in [4.78, 5) is 0. The maximum Gasteiger partial charge on any atom is 0.123 e. The van der Waals surface area contributed by atoms with Gasteiger partial charge in [-0.25, -0.2) is 4.39 Å². The number of aromatic hydroxyl groups is 1. The van der Waals surface area contributed by atoms with E-state index in [4.69, 9.17) is 5.73 Å². The van der Waals surface area contributed by atoms with Crippen LogP contribution in [0.4, 0.5) is 4.39 Å². The molecule has 0 amide bonds. The standard InChI is InChI=1S/C11H16FNO.ClH/c1-2-3-4-10(13)9-7-8(12)5-6-11(9)14;/h5-7,10,14H,2-4,13H2,1H3;1H/t10-;/m1./s1. The maximum absolute atomic E-state index is 12.9. The molecule has 3 N–H and O–H groups in total. The summed E-state index contributed by atoms with van der Waals surface area (Å²) in [5.41, 5.74) is 6.32. The Balaban J connectivity index is 0.00000196. The highest BCUT2D eigenvalue weighted by Crippen LogP contribution is 2.26. The smallest absolute Gasteiger partial charge is 0.123 e. The lowest BCUT2D eigenvalue weighted by Gasteiger charge is -2.12. The largest absolute Gasteiger partial charge is 0.508 e. The summed E-state index contributed by atoms with van der Waals surface area (Å²) in [6.45, 7) is 2.07. The molecule has 0 saturated carbocycles. The first-order valence-electron chi connectivity index (χ1n) is 4.89. The zero-order valence-corrected chi connectivity index (χ0v) is 9.56. The van der Waals surface area contributed by atoms with Gasteiger partial charge in [0.25, 0.3) is 0 Å². The van der Waals surface area contributed by atoms with Crippen LogP contribution in [0.5, 0.6) is 5.75 Å². The second-order valence-corrected chi connectivity index (χ2v) is 3.45. The average Bonchev–Trinajstić information content (AvgIpc) is 2.18. The Morgan fingerprint density at radius 2 is 2.13 bits per heavy atom. The van der Waals surface area contributed by atoms with Crippen molar-refractivity contribution in [2.24, 2.45) is 5.73 Å². The van der Waals surface area contributed by atoms with Crippen LogP contribution >= 0.6 is 12.4 Å². The normalized spacial score (nSPS) is 11.9. The van der Waals surface area contributed by atoms with Crippen molar-refractivity contribution in [1.29, 1.82) is 0 Å². The Morgan fingerprint density at radius 1 is 1.47 bits per heavy atom. The fraction of sp³-hybridized carbons (Fsp3) is 0.455. The van der Waals surface area contributed by atoms with Crippen LogP contribution in [0.15, 0.2) is 18.2 Å². The second-order valence-electron chi connectivity index (χ2n) is 3.45. The molecule has 4 heteroatoms. The van der Waals surface area contributed by atoms with Crippen molar-refractivity contribution >= 4 is 12.4 Å². The van der Waals surface area contributed by atoms with E-state index in [-0.39, 0.29) is 30.0 Å². The van der Waals surface area contributed by atoms with Crippen LogP contribution in [-0.2, 0) is 0 Å². The molecule has 0 aliphatic carbocycles. The molecule has 86 valence electrons. The van der Waals surface area contributed by atoms with E-state index in [1.807, 2.05) is 0 Å². The van der Waals surface area contributed by atoms with E-state index in [9.17, 15) is 9.50 Å². The molecule has 0 radical (unpaired) electrons. The zero-order valence-electron chi connectivity index (χ0n) is 8.74. The first-order valence-corrected chi connectivity index (χ1v) is 4.89. The molecule has 1 aromatic carbocycles. The van der Waals surface area contributed by atoms with Crippen LogP contribution in [0.3, 0.4) is 0 Å². The zero-order chi connectivity index (χ0) is 10.6. The molecule has 0 fully saturated rings. The van der Waals surface area contributed by atoms with Crippen LogP contribution in [0.1, 0.15) is 37.8 Å². The van der Waals surface area contributed by atoms with Crippen molar-refractivity contribution in [2.75, 3.05) is 0 Å². The third-order valence-corrected chi connectivity index (χ3v) is 2.26. The lowest BCUT2D eigenvalue weighted by Crippen LogP contribution is -2.10. The van der Waals surface area contributed by atoms with Crippen LogP contribution < -0.4 is 5.73 Å². The summed E-state index contributed by atoms with van der Waals surface area (Å²) in [6.07, 6.45) is 2.80.